The highest BCUT2D eigenvalue weighted by Gasteiger charge is 2.20. The van der Waals surface area contributed by atoms with E-state index in [1.54, 1.807) is 11.3 Å². The molecule has 3 N–H and O–H groups in total. The van der Waals surface area contributed by atoms with E-state index >= 15 is 0 Å². The molecule has 1 saturated heterocycles. The van der Waals surface area contributed by atoms with Crippen molar-refractivity contribution >= 4 is 17.2 Å². The standard InChI is InChI=1S/C9H16N4S/c1-13-4-2-7(3-5-13)9-11-8(12-10)6-14-9/h6-7,12H,2-5,10H2,1H3. The third kappa shape index (κ3) is 2.05. The fraction of sp³-hybridized carbons (Fsp3) is 0.667. The second-order valence-corrected chi connectivity index (χ2v) is 4.68. The first-order valence-corrected chi connectivity index (χ1v) is 5.78. The van der Waals surface area contributed by atoms with Crippen LogP contribution in [0.5, 0.6) is 0 Å². The van der Waals surface area contributed by atoms with Gasteiger partial charge in [-0.2, -0.15) is 0 Å². The van der Waals surface area contributed by atoms with Gasteiger partial charge in [0.2, 0.25) is 0 Å². The first-order valence-electron chi connectivity index (χ1n) is 4.90. The Morgan fingerprint density at radius 2 is 2.29 bits per heavy atom. The minimum atomic E-state index is 0.637. The van der Waals surface area contributed by atoms with E-state index in [0.717, 1.165) is 5.82 Å². The van der Waals surface area contributed by atoms with Crippen LogP contribution < -0.4 is 11.3 Å². The summed E-state index contributed by atoms with van der Waals surface area (Å²) in [6.07, 6.45) is 2.43. The molecule has 0 atom stereocenters. The van der Waals surface area contributed by atoms with E-state index < -0.39 is 0 Å². The molecule has 2 rings (SSSR count). The Labute approximate surface area is 88.1 Å². The van der Waals surface area contributed by atoms with Gasteiger partial charge < -0.3 is 10.3 Å². The quantitative estimate of drug-likeness (QED) is 0.572. The minimum Gasteiger partial charge on any atom is -0.308 e. The van der Waals surface area contributed by atoms with Crippen molar-refractivity contribution in [3.05, 3.63) is 10.4 Å². The van der Waals surface area contributed by atoms with E-state index in [4.69, 9.17) is 5.84 Å². The van der Waals surface area contributed by atoms with Crippen molar-refractivity contribution in [3.8, 4) is 0 Å². The molecule has 0 unspecified atom stereocenters. The molecular weight excluding hydrogens is 196 g/mol. The number of nitrogens with two attached hydrogens (primary N) is 1. The summed E-state index contributed by atoms with van der Waals surface area (Å²) in [5.74, 6) is 6.73. The van der Waals surface area contributed by atoms with Crippen molar-refractivity contribution in [2.24, 2.45) is 5.84 Å². The molecule has 1 aromatic heterocycles. The summed E-state index contributed by atoms with van der Waals surface area (Å²) >= 11 is 1.71. The van der Waals surface area contributed by atoms with Gasteiger partial charge in [-0.1, -0.05) is 0 Å². The third-order valence-corrected chi connectivity index (χ3v) is 3.74. The number of nitrogen functional groups attached to an aromatic ring is 1. The Bertz CT molecular complexity index is 291. The number of piperidine rings is 1. The van der Waals surface area contributed by atoms with Crippen molar-refractivity contribution in [1.82, 2.24) is 9.88 Å². The van der Waals surface area contributed by atoms with Crippen LogP contribution in [0.15, 0.2) is 5.38 Å². The number of thiazole rings is 1. The molecule has 5 heteroatoms. The van der Waals surface area contributed by atoms with E-state index in [0.29, 0.717) is 5.92 Å². The molecule has 0 aliphatic carbocycles. The van der Waals surface area contributed by atoms with Crippen LogP contribution in [-0.4, -0.2) is 30.0 Å². The fourth-order valence-corrected chi connectivity index (χ4v) is 2.73. The van der Waals surface area contributed by atoms with Crippen molar-refractivity contribution in [2.75, 3.05) is 25.6 Å². The Morgan fingerprint density at radius 3 is 2.86 bits per heavy atom. The molecule has 14 heavy (non-hydrogen) atoms. The lowest BCUT2D eigenvalue weighted by Gasteiger charge is -2.27. The number of hydrogen-bond donors (Lipinski definition) is 2. The number of hydrazine groups is 1. The molecule has 2 heterocycles. The van der Waals surface area contributed by atoms with Crippen LogP contribution in [0.4, 0.5) is 5.82 Å². The van der Waals surface area contributed by atoms with Crippen molar-refractivity contribution in [2.45, 2.75) is 18.8 Å². The van der Waals surface area contributed by atoms with Gasteiger partial charge in [-0.05, 0) is 33.0 Å². The highest BCUT2D eigenvalue weighted by atomic mass is 32.1. The molecule has 1 aliphatic heterocycles. The average Bonchev–Trinajstić information content (AvgIpc) is 2.67. The van der Waals surface area contributed by atoms with Crippen LogP contribution in [0.1, 0.15) is 23.8 Å². The average molecular weight is 212 g/mol. The molecule has 78 valence electrons. The van der Waals surface area contributed by atoms with Gasteiger partial charge in [-0.15, -0.1) is 11.3 Å². The molecule has 0 bridgehead atoms. The Kier molecular flexibility index (Phi) is 3.00. The summed E-state index contributed by atoms with van der Waals surface area (Å²) in [6, 6.07) is 0. The largest absolute Gasteiger partial charge is 0.308 e. The van der Waals surface area contributed by atoms with Gasteiger partial charge in [0.1, 0.15) is 0 Å². The maximum atomic E-state index is 5.30. The van der Waals surface area contributed by atoms with Gasteiger partial charge in [-0.25, -0.2) is 10.8 Å². The number of hydrogen-bond acceptors (Lipinski definition) is 5. The number of anilines is 1. The van der Waals surface area contributed by atoms with E-state index in [1.807, 2.05) is 5.38 Å². The second kappa shape index (κ2) is 4.25. The zero-order valence-corrected chi connectivity index (χ0v) is 9.18. The van der Waals surface area contributed by atoms with E-state index in [-0.39, 0.29) is 0 Å². The molecular formula is C9H16N4S. The van der Waals surface area contributed by atoms with Gasteiger partial charge in [-0.3, -0.25) is 0 Å². The highest BCUT2D eigenvalue weighted by molar-refractivity contribution is 7.10. The summed E-state index contributed by atoms with van der Waals surface area (Å²) in [5, 5.41) is 3.21. The maximum Gasteiger partial charge on any atom is 0.151 e. The number of aromatic nitrogens is 1. The summed E-state index contributed by atoms with van der Waals surface area (Å²) in [4.78, 5) is 6.81. The molecule has 0 radical (unpaired) electrons. The molecule has 0 saturated carbocycles. The second-order valence-electron chi connectivity index (χ2n) is 3.79. The predicted octanol–water partition coefficient (Wildman–Crippen LogP) is 1.24. The van der Waals surface area contributed by atoms with Crippen molar-refractivity contribution in [3.63, 3.8) is 0 Å². The number of nitrogens with one attached hydrogen (secondary N) is 1. The van der Waals surface area contributed by atoms with Crippen LogP contribution in [0.3, 0.4) is 0 Å². The van der Waals surface area contributed by atoms with Gasteiger partial charge in [0, 0.05) is 11.3 Å². The summed E-state index contributed by atoms with van der Waals surface area (Å²) in [7, 11) is 2.17. The van der Waals surface area contributed by atoms with Crippen LogP contribution in [-0.2, 0) is 0 Å². The minimum absolute atomic E-state index is 0.637. The number of nitrogens with zero attached hydrogens (tertiary/aromatic N) is 2. The van der Waals surface area contributed by atoms with Gasteiger partial charge >= 0.3 is 0 Å². The lowest BCUT2D eigenvalue weighted by atomic mass is 9.98. The molecule has 1 fully saturated rings. The van der Waals surface area contributed by atoms with E-state index in [1.165, 1.54) is 30.9 Å². The summed E-state index contributed by atoms with van der Waals surface area (Å²) in [5.41, 5.74) is 2.58. The van der Waals surface area contributed by atoms with Gasteiger partial charge in [0.05, 0.1) is 5.01 Å². The molecule has 4 nitrogen and oxygen atoms in total. The zero-order valence-electron chi connectivity index (χ0n) is 8.36. The summed E-state index contributed by atoms with van der Waals surface area (Å²) < 4.78 is 0. The first kappa shape index (κ1) is 9.89. The Morgan fingerprint density at radius 1 is 1.57 bits per heavy atom. The molecule has 1 aromatic rings. The molecule has 0 amide bonds. The van der Waals surface area contributed by atoms with Crippen LogP contribution in [0.2, 0.25) is 0 Å². The lowest BCUT2D eigenvalue weighted by molar-refractivity contribution is 0.255. The Balaban J connectivity index is 2.01. The molecule has 1 aliphatic rings. The van der Waals surface area contributed by atoms with Crippen molar-refractivity contribution < 1.29 is 0 Å². The topological polar surface area (TPSA) is 54.2 Å². The highest BCUT2D eigenvalue weighted by Crippen LogP contribution is 2.30. The zero-order chi connectivity index (χ0) is 9.97. The van der Waals surface area contributed by atoms with Crippen molar-refractivity contribution in [1.29, 1.82) is 0 Å². The molecule has 0 spiro atoms. The lowest BCUT2D eigenvalue weighted by Crippen LogP contribution is -2.29. The first-order chi connectivity index (χ1) is 6.79. The van der Waals surface area contributed by atoms with Crippen LogP contribution >= 0.6 is 11.3 Å². The van der Waals surface area contributed by atoms with Gasteiger partial charge in [0.15, 0.2) is 5.82 Å². The van der Waals surface area contributed by atoms with E-state index in [9.17, 15) is 0 Å². The Hall–Kier alpha value is -0.650. The monoisotopic (exact) mass is 212 g/mol. The normalized spacial score (nSPS) is 19.9. The van der Waals surface area contributed by atoms with Crippen LogP contribution in [0, 0.1) is 0 Å². The van der Waals surface area contributed by atoms with Gasteiger partial charge in [0.25, 0.3) is 0 Å². The predicted molar refractivity (Wildman–Crippen MR) is 59.4 cm³/mol. The number of rotatable bonds is 2. The van der Waals surface area contributed by atoms with E-state index in [2.05, 4.69) is 22.4 Å². The van der Waals surface area contributed by atoms with Crippen LogP contribution in [0.25, 0.3) is 0 Å². The maximum absolute atomic E-state index is 5.30. The molecule has 0 aromatic carbocycles. The fourth-order valence-electron chi connectivity index (χ4n) is 1.80. The smallest absolute Gasteiger partial charge is 0.151 e. The summed E-state index contributed by atoms with van der Waals surface area (Å²) in [6.45, 7) is 2.35. The SMILES string of the molecule is CN1CCC(c2nc(NN)cs2)CC1. The number of likely N-dealkylation sites (tertiary alicyclic amines) is 1. The third-order valence-electron chi connectivity index (χ3n) is 2.74.